The number of hydrogen-bond acceptors (Lipinski definition) is 9. The number of anilines is 1. The average Bonchev–Trinajstić information content (AvgIpc) is 3.73. The number of carbonyl (C=O) groups is 2. The third-order valence-corrected chi connectivity index (χ3v) is 7.57. The summed E-state index contributed by atoms with van der Waals surface area (Å²) >= 11 is 0. The summed E-state index contributed by atoms with van der Waals surface area (Å²) in [6.45, 7) is 7.29. The molecule has 12 nitrogen and oxygen atoms in total. The molecule has 0 radical (unpaired) electrons. The van der Waals surface area contributed by atoms with Crippen molar-refractivity contribution in [1.29, 1.82) is 0 Å². The molecule has 5 rings (SSSR count). The van der Waals surface area contributed by atoms with E-state index in [4.69, 9.17) is 4.74 Å². The number of benzene rings is 2. The summed E-state index contributed by atoms with van der Waals surface area (Å²) in [5, 5.41) is 25.7. The van der Waals surface area contributed by atoms with E-state index in [1.165, 1.54) is 22.3 Å². The van der Waals surface area contributed by atoms with Crippen LogP contribution in [0.25, 0.3) is 5.69 Å². The molecule has 0 saturated carbocycles. The van der Waals surface area contributed by atoms with E-state index in [-0.39, 0.29) is 44.1 Å². The van der Waals surface area contributed by atoms with Crippen LogP contribution in [0.3, 0.4) is 0 Å². The lowest BCUT2D eigenvalue weighted by molar-refractivity contribution is -0.156. The summed E-state index contributed by atoms with van der Waals surface area (Å²) in [7, 11) is 0. The Morgan fingerprint density at radius 1 is 1.09 bits per heavy atom. The standard InChI is InChI=1S/C29H34F2N8O4/c1-20(37-13-14-38(27(37)41)22-6-8-23(9-7-22)39-12-11-32-34-39)29(42,24-10-5-21(30)15-25(24)31)16-36-18-35(17-33-36)19-43-26(40)28(2,3)4/h5-12,15,17,20,42H,13-14,16,18-19H2,1-4H3/t20-,29-/m1/s1. The van der Waals surface area contributed by atoms with Crippen molar-refractivity contribution in [3.05, 3.63) is 72.1 Å². The number of nitrogens with zero attached hydrogens (tertiary/aromatic N) is 8. The highest BCUT2D eigenvalue weighted by atomic mass is 19.1. The van der Waals surface area contributed by atoms with Crippen LogP contribution in [-0.4, -0.2) is 92.3 Å². The molecule has 3 aromatic rings. The second-order valence-corrected chi connectivity index (χ2v) is 11.7. The van der Waals surface area contributed by atoms with Gasteiger partial charge in [-0.25, -0.2) is 18.3 Å². The minimum absolute atomic E-state index is 0.0652. The molecule has 1 saturated heterocycles. The maximum absolute atomic E-state index is 15.2. The molecule has 1 fully saturated rings. The van der Waals surface area contributed by atoms with E-state index in [2.05, 4.69) is 15.4 Å². The van der Waals surface area contributed by atoms with Gasteiger partial charge in [0.1, 0.15) is 30.2 Å². The molecule has 2 amide bonds. The van der Waals surface area contributed by atoms with Crippen molar-refractivity contribution in [3.8, 4) is 5.69 Å². The predicted molar refractivity (Wildman–Crippen MR) is 153 cm³/mol. The first-order valence-electron chi connectivity index (χ1n) is 13.8. The Bertz CT molecular complexity index is 1500. The van der Waals surface area contributed by atoms with Gasteiger partial charge in [0.25, 0.3) is 0 Å². The van der Waals surface area contributed by atoms with Crippen LogP contribution in [0.5, 0.6) is 0 Å². The zero-order valence-electron chi connectivity index (χ0n) is 24.4. The van der Waals surface area contributed by atoms with E-state index in [1.807, 2.05) is 12.1 Å². The van der Waals surface area contributed by atoms with Crippen molar-refractivity contribution in [1.82, 2.24) is 29.8 Å². The molecule has 0 bridgehead atoms. The minimum atomic E-state index is -1.99. The first-order chi connectivity index (χ1) is 20.4. The van der Waals surface area contributed by atoms with E-state index < -0.39 is 28.7 Å². The van der Waals surface area contributed by atoms with Gasteiger partial charge in [-0.3, -0.25) is 14.7 Å². The molecule has 0 unspecified atom stereocenters. The highest BCUT2D eigenvalue weighted by Gasteiger charge is 2.47. The monoisotopic (exact) mass is 596 g/mol. The van der Waals surface area contributed by atoms with Crippen molar-refractivity contribution in [2.24, 2.45) is 10.5 Å². The lowest BCUT2D eigenvalue weighted by Crippen LogP contribution is -2.55. The first-order valence-corrected chi connectivity index (χ1v) is 13.8. The van der Waals surface area contributed by atoms with Gasteiger partial charge in [0.2, 0.25) is 0 Å². The zero-order chi connectivity index (χ0) is 30.9. The van der Waals surface area contributed by atoms with E-state index in [1.54, 1.807) is 66.7 Å². The van der Waals surface area contributed by atoms with Gasteiger partial charge < -0.3 is 19.6 Å². The van der Waals surface area contributed by atoms with Crippen LogP contribution in [0.4, 0.5) is 19.3 Å². The topological polar surface area (TPSA) is 120 Å². The van der Waals surface area contributed by atoms with Crippen molar-refractivity contribution < 1.29 is 28.2 Å². The molecule has 3 heterocycles. The number of esters is 1. The molecule has 2 atom stereocenters. The fraction of sp³-hybridized carbons (Fsp3) is 0.414. The predicted octanol–water partition coefficient (Wildman–Crippen LogP) is 3.13. The van der Waals surface area contributed by atoms with Gasteiger partial charge in [-0.05, 0) is 58.0 Å². The van der Waals surface area contributed by atoms with Crippen LogP contribution in [0.1, 0.15) is 33.3 Å². The molecule has 1 N–H and O–H groups in total. The highest BCUT2D eigenvalue weighted by Crippen LogP contribution is 2.35. The Kier molecular flexibility index (Phi) is 8.06. The number of rotatable bonds is 9. The molecule has 1 aromatic heterocycles. The van der Waals surface area contributed by atoms with Crippen LogP contribution in [0.15, 0.2) is 60.0 Å². The number of aromatic nitrogens is 3. The molecular formula is C29H34F2N8O4. The Balaban J connectivity index is 1.34. The Morgan fingerprint density at radius 2 is 1.81 bits per heavy atom. The van der Waals surface area contributed by atoms with Crippen molar-refractivity contribution in [2.45, 2.75) is 39.3 Å². The highest BCUT2D eigenvalue weighted by molar-refractivity contribution is 5.94. The second-order valence-electron chi connectivity index (χ2n) is 11.7. The number of carbonyl (C=O) groups excluding carboxylic acids is 2. The minimum Gasteiger partial charge on any atom is -0.444 e. The van der Waals surface area contributed by atoms with Gasteiger partial charge in [-0.15, -0.1) is 5.10 Å². The van der Waals surface area contributed by atoms with Crippen LogP contribution < -0.4 is 4.90 Å². The summed E-state index contributed by atoms with van der Waals surface area (Å²) in [6.07, 6.45) is 4.72. The average molecular weight is 597 g/mol. The van der Waals surface area contributed by atoms with E-state index in [9.17, 15) is 19.1 Å². The fourth-order valence-electron chi connectivity index (χ4n) is 5.05. The van der Waals surface area contributed by atoms with Crippen molar-refractivity contribution in [2.75, 3.05) is 37.9 Å². The van der Waals surface area contributed by atoms with Crippen LogP contribution in [0, 0.1) is 17.0 Å². The number of urea groups is 1. The Labute approximate surface area is 247 Å². The summed E-state index contributed by atoms with van der Waals surface area (Å²) < 4.78 is 36.0. The normalized spacial score (nSPS) is 17.5. The number of amides is 2. The molecule has 43 heavy (non-hydrogen) atoms. The smallest absolute Gasteiger partial charge is 0.324 e. The third-order valence-electron chi connectivity index (χ3n) is 7.57. The number of hydrazone groups is 1. The van der Waals surface area contributed by atoms with Crippen LogP contribution in [0.2, 0.25) is 0 Å². The fourth-order valence-corrected chi connectivity index (χ4v) is 5.05. The number of aliphatic hydroxyl groups is 1. The molecule has 14 heteroatoms. The summed E-state index contributed by atoms with van der Waals surface area (Å²) in [5.41, 5.74) is -1.42. The molecule has 0 aliphatic carbocycles. The summed E-state index contributed by atoms with van der Waals surface area (Å²) in [5.74, 6) is -2.12. The van der Waals surface area contributed by atoms with Crippen LogP contribution >= 0.6 is 0 Å². The lowest BCUT2D eigenvalue weighted by atomic mass is 9.85. The summed E-state index contributed by atoms with van der Waals surface area (Å²) in [4.78, 5) is 30.5. The lowest BCUT2D eigenvalue weighted by Gasteiger charge is -2.41. The van der Waals surface area contributed by atoms with Crippen molar-refractivity contribution in [3.63, 3.8) is 0 Å². The van der Waals surface area contributed by atoms with Crippen LogP contribution in [-0.2, 0) is 15.1 Å². The van der Waals surface area contributed by atoms with Gasteiger partial charge in [0, 0.05) is 30.4 Å². The first kappa shape index (κ1) is 29.9. The zero-order valence-corrected chi connectivity index (χ0v) is 24.4. The molecular weight excluding hydrogens is 562 g/mol. The SMILES string of the molecule is C[C@@H](N1CCN(c2ccc(-n3ccnn3)cc2)C1=O)[C@](O)(CN1CN(COC(=O)C(C)(C)C)C=N1)c1ccc(F)cc1F. The molecule has 2 aliphatic heterocycles. The Hall–Kier alpha value is -4.59. The molecule has 0 spiro atoms. The van der Waals surface area contributed by atoms with Gasteiger partial charge >= 0.3 is 12.0 Å². The largest absolute Gasteiger partial charge is 0.444 e. The second kappa shape index (κ2) is 11.6. The third kappa shape index (κ3) is 6.14. The molecule has 228 valence electrons. The molecule has 2 aromatic carbocycles. The van der Waals surface area contributed by atoms with Gasteiger partial charge in [0.05, 0.1) is 36.1 Å². The maximum atomic E-state index is 15.2. The van der Waals surface area contributed by atoms with Gasteiger partial charge in [0.15, 0.2) is 6.73 Å². The quantitative estimate of drug-likeness (QED) is 0.375. The number of halogens is 2. The number of β-amino-alcohol motifs (C(OH)–C–C–N with tert-alkyl or cyclic N) is 1. The van der Waals surface area contributed by atoms with E-state index in [0.717, 1.165) is 11.8 Å². The number of ether oxygens (including phenoxy) is 1. The van der Waals surface area contributed by atoms with E-state index >= 15 is 4.39 Å². The Morgan fingerprint density at radius 3 is 2.47 bits per heavy atom. The van der Waals surface area contributed by atoms with Gasteiger partial charge in [-0.2, -0.15) is 5.10 Å². The van der Waals surface area contributed by atoms with E-state index in [0.29, 0.717) is 18.3 Å². The number of hydrogen-bond donors (Lipinski definition) is 1. The molecule has 2 aliphatic rings. The maximum Gasteiger partial charge on any atom is 0.324 e. The summed E-state index contributed by atoms with van der Waals surface area (Å²) in [6, 6.07) is 8.83. The van der Waals surface area contributed by atoms with Gasteiger partial charge in [-0.1, -0.05) is 11.3 Å². The van der Waals surface area contributed by atoms with Crippen molar-refractivity contribution >= 4 is 24.0 Å².